The minimum atomic E-state index is 0.907. The minimum Gasteiger partial charge on any atom is -0.319 e. The van der Waals surface area contributed by atoms with Crippen molar-refractivity contribution < 1.29 is 0 Å². The van der Waals surface area contributed by atoms with Crippen LogP contribution < -0.4 is 5.32 Å². The van der Waals surface area contributed by atoms with E-state index in [2.05, 4.69) is 33.1 Å². The first-order valence-corrected chi connectivity index (χ1v) is 5.83. The third-order valence-electron chi connectivity index (χ3n) is 4.02. The van der Waals surface area contributed by atoms with E-state index in [1.165, 1.54) is 25.8 Å². The van der Waals surface area contributed by atoms with Crippen LogP contribution in [0.2, 0.25) is 0 Å². The van der Waals surface area contributed by atoms with Gasteiger partial charge in [-0.05, 0) is 50.1 Å². The normalized spacial score (nSPS) is 35.5. The SMILES string of the molecule is CCC(CNC)CC1CC(C)C1C. The minimum absolute atomic E-state index is 0.907. The van der Waals surface area contributed by atoms with Crippen molar-refractivity contribution in [2.24, 2.45) is 23.7 Å². The molecule has 0 spiro atoms. The Morgan fingerprint density at radius 2 is 2.08 bits per heavy atom. The van der Waals surface area contributed by atoms with Gasteiger partial charge in [-0.15, -0.1) is 0 Å². The Kier molecular flexibility index (Phi) is 4.24. The lowest BCUT2D eigenvalue weighted by Crippen LogP contribution is -2.35. The molecule has 0 radical (unpaired) electrons. The fraction of sp³-hybridized carbons (Fsp3) is 1.00. The Morgan fingerprint density at radius 3 is 2.46 bits per heavy atom. The summed E-state index contributed by atoms with van der Waals surface area (Å²) in [6.45, 7) is 8.33. The zero-order valence-electron chi connectivity index (χ0n) is 9.64. The van der Waals surface area contributed by atoms with E-state index < -0.39 is 0 Å². The van der Waals surface area contributed by atoms with E-state index in [0.717, 1.165) is 23.7 Å². The zero-order chi connectivity index (χ0) is 9.84. The van der Waals surface area contributed by atoms with Crippen molar-refractivity contribution in [3.8, 4) is 0 Å². The standard InChI is InChI=1S/C12H25N/c1-5-11(8-13-4)7-12-6-9(2)10(12)3/h9-13H,5-8H2,1-4H3. The van der Waals surface area contributed by atoms with Crippen molar-refractivity contribution in [3.63, 3.8) is 0 Å². The molecule has 0 saturated heterocycles. The van der Waals surface area contributed by atoms with Gasteiger partial charge in [-0.1, -0.05) is 27.2 Å². The Hall–Kier alpha value is -0.0400. The predicted octanol–water partition coefficient (Wildman–Crippen LogP) is 2.91. The van der Waals surface area contributed by atoms with Crippen molar-refractivity contribution in [2.75, 3.05) is 13.6 Å². The molecule has 1 nitrogen and oxygen atoms in total. The van der Waals surface area contributed by atoms with Crippen LogP contribution >= 0.6 is 0 Å². The first kappa shape index (κ1) is 11.0. The first-order chi connectivity index (χ1) is 6.19. The molecule has 1 rings (SSSR count). The predicted molar refractivity (Wildman–Crippen MR) is 58.8 cm³/mol. The van der Waals surface area contributed by atoms with Gasteiger partial charge >= 0.3 is 0 Å². The van der Waals surface area contributed by atoms with Crippen LogP contribution in [0.15, 0.2) is 0 Å². The zero-order valence-corrected chi connectivity index (χ0v) is 9.64. The highest BCUT2D eigenvalue weighted by Gasteiger charge is 2.34. The maximum atomic E-state index is 3.30. The van der Waals surface area contributed by atoms with E-state index in [1.807, 2.05) is 0 Å². The molecule has 1 heteroatoms. The van der Waals surface area contributed by atoms with Gasteiger partial charge in [-0.3, -0.25) is 0 Å². The summed E-state index contributed by atoms with van der Waals surface area (Å²) >= 11 is 0. The van der Waals surface area contributed by atoms with Crippen LogP contribution in [-0.4, -0.2) is 13.6 Å². The molecule has 0 heterocycles. The lowest BCUT2D eigenvalue weighted by Gasteiger charge is -2.42. The molecular formula is C12H25N. The second-order valence-corrected chi connectivity index (χ2v) is 4.90. The summed E-state index contributed by atoms with van der Waals surface area (Å²) in [4.78, 5) is 0. The van der Waals surface area contributed by atoms with Gasteiger partial charge in [0.1, 0.15) is 0 Å². The summed E-state index contributed by atoms with van der Waals surface area (Å²) in [7, 11) is 2.06. The van der Waals surface area contributed by atoms with Crippen LogP contribution in [0.1, 0.15) is 40.0 Å². The van der Waals surface area contributed by atoms with Crippen molar-refractivity contribution in [1.82, 2.24) is 5.32 Å². The van der Waals surface area contributed by atoms with Crippen LogP contribution in [0.3, 0.4) is 0 Å². The lowest BCUT2D eigenvalue weighted by atomic mass is 9.63. The molecule has 1 aliphatic carbocycles. The largest absolute Gasteiger partial charge is 0.319 e. The number of hydrogen-bond donors (Lipinski definition) is 1. The quantitative estimate of drug-likeness (QED) is 0.691. The second kappa shape index (κ2) is 4.99. The van der Waals surface area contributed by atoms with Crippen LogP contribution in [0, 0.1) is 23.7 Å². The molecule has 1 saturated carbocycles. The van der Waals surface area contributed by atoms with Crippen molar-refractivity contribution >= 4 is 0 Å². The lowest BCUT2D eigenvalue weighted by molar-refractivity contribution is 0.0779. The van der Waals surface area contributed by atoms with Gasteiger partial charge < -0.3 is 5.32 Å². The number of rotatable bonds is 5. The van der Waals surface area contributed by atoms with Crippen molar-refractivity contribution in [1.29, 1.82) is 0 Å². The van der Waals surface area contributed by atoms with Crippen LogP contribution in [-0.2, 0) is 0 Å². The molecule has 0 aromatic carbocycles. The summed E-state index contributed by atoms with van der Waals surface area (Å²) in [5.41, 5.74) is 0. The summed E-state index contributed by atoms with van der Waals surface area (Å²) in [5.74, 6) is 3.89. The molecule has 4 unspecified atom stereocenters. The molecule has 13 heavy (non-hydrogen) atoms. The van der Waals surface area contributed by atoms with Gasteiger partial charge in [0, 0.05) is 0 Å². The molecule has 0 aromatic rings. The first-order valence-electron chi connectivity index (χ1n) is 5.83. The Morgan fingerprint density at radius 1 is 1.38 bits per heavy atom. The van der Waals surface area contributed by atoms with Crippen molar-refractivity contribution in [2.45, 2.75) is 40.0 Å². The van der Waals surface area contributed by atoms with E-state index in [-0.39, 0.29) is 0 Å². The smallest absolute Gasteiger partial charge is 0.00235 e. The molecule has 1 N–H and O–H groups in total. The van der Waals surface area contributed by atoms with E-state index in [4.69, 9.17) is 0 Å². The molecule has 78 valence electrons. The maximum Gasteiger partial charge on any atom is -0.00235 e. The average Bonchev–Trinajstić information content (AvgIpc) is 2.15. The molecule has 0 aromatic heterocycles. The van der Waals surface area contributed by atoms with E-state index >= 15 is 0 Å². The maximum absolute atomic E-state index is 3.30. The fourth-order valence-corrected chi connectivity index (χ4v) is 2.60. The van der Waals surface area contributed by atoms with Gasteiger partial charge in [-0.25, -0.2) is 0 Å². The highest BCUT2D eigenvalue weighted by atomic mass is 14.8. The highest BCUT2D eigenvalue weighted by molar-refractivity contribution is 4.85. The third-order valence-corrected chi connectivity index (χ3v) is 4.02. The van der Waals surface area contributed by atoms with Crippen molar-refractivity contribution in [3.05, 3.63) is 0 Å². The third kappa shape index (κ3) is 2.70. The van der Waals surface area contributed by atoms with Gasteiger partial charge in [-0.2, -0.15) is 0 Å². The molecule has 0 aliphatic heterocycles. The van der Waals surface area contributed by atoms with Crippen LogP contribution in [0.5, 0.6) is 0 Å². The molecule has 0 bridgehead atoms. The fourth-order valence-electron chi connectivity index (χ4n) is 2.60. The van der Waals surface area contributed by atoms with E-state index in [1.54, 1.807) is 0 Å². The summed E-state index contributed by atoms with van der Waals surface area (Å²) in [5, 5.41) is 3.30. The molecule has 4 atom stereocenters. The topological polar surface area (TPSA) is 12.0 Å². The number of nitrogens with one attached hydrogen (secondary N) is 1. The number of hydrogen-bond acceptors (Lipinski definition) is 1. The van der Waals surface area contributed by atoms with Crippen LogP contribution in [0.25, 0.3) is 0 Å². The summed E-state index contributed by atoms with van der Waals surface area (Å²) < 4.78 is 0. The Bertz CT molecular complexity index is 142. The van der Waals surface area contributed by atoms with Crippen LogP contribution in [0.4, 0.5) is 0 Å². The summed E-state index contributed by atoms with van der Waals surface area (Å²) in [6, 6.07) is 0. The molecule has 1 fully saturated rings. The monoisotopic (exact) mass is 183 g/mol. The Balaban J connectivity index is 2.23. The van der Waals surface area contributed by atoms with Gasteiger partial charge in [0.2, 0.25) is 0 Å². The van der Waals surface area contributed by atoms with Gasteiger partial charge in [0.05, 0.1) is 0 Å². The Labute approximate surface area is 83.3 Å². The van der Waals surface area contributed by atoms with Gasteiger partial charge in [0.25, 0.3) is 0 Å². The van der Waals surface area contributed by atoms with Gasteiger partial charge in [0.15, 0.2) is 0 Å². The summed E-state index contributed by atoms with van der Waals surface area (Å²) in [6.07, 6.45) is 4.25. The van der Waals surface area contributed by atoms with E-state index in [0.29, 0.717) is 0 Å². The van der Waals surface area contributed by atoms with E-state index in [9.17, 15) is 0 Å². The highest BCUT2D eigenvalue weighted by Crippen LogP contribution is 2.43. The average molecular weight is 183 g/mol. The molecule has 0 amide bonds. The molecule has 1 aliphatic rings. The second-order valence-electron chi connectivity index (χ2n) is 4.90. The molecular weight excluding hydrogens is 158 g/mol.